The zero-order valence-electron chi connectivity index (χ0n) is 8.76. The molecule has 2 atom stereocenters. The molecule has 2 heteroatoms. The Morgan fingerprint density at radius 3 is 2.73 bits per heavy atom. The van der Waals surface area contributed by atoms with Crippen LogP contribution in [-0.2, 0) is 9.53 Å². The number of carbonyl (C=O) groups is 1. The van der Waals surface area contributed by atoms with Gasteiger partial charge in [-0.05, 0) is 37.2 Å². The summed E-state index contributed by atoms with van der Waals surface area (Å²) >= 11 is 0. The Bertz CT molecular complexity index is 308. The van der Waals surface area contributed by atoms with E-state index in [9.17, 15) is 4.79 Å². The van der Waals surface area contributed by atoms with Crippen LogP contribution in [0.15, 0.2) is 30.3 Å². The quantitative estimate of drug-likeness (QED) is 0.708. The number of benzene rings is 1. The zero-order chi connectivity index (χ0) is 10.5. The largest absolute Gasteiger partial charge is 0.465 e. The molecule has 80 valence electrons. The molecule has 0 radical (unpaired) electrons. The Morgan fingerprint density at radius 2 is 2.00 bits per heavy atom. The van der Waals surface area contributed by atoms with Crippen molar-refractivity contribution in [2.24, 2.45) is 0 Å². The van der Waals surface area contributed by atoms with E-state index >= 15 is 0 Å². The first kappa shape index (κ1) is 10.2. The first-order valence-corrected chi connectivity index (χ1v) is 5.54. The summed E-state index contributed by atoms with van der Waals surface area (Å²) < 4.78 is 5.05. The molecule has 2 rings (SSSR count). The molecule has 0 saturated heterocycles. The van der Waals surface area contributed by atoms with Crippen molar-refractivity contribution < 1.29 is 9.53 Å². The van der Waals surface area contributed by atoms with Crippen molar-refractivity contribution in [3.8, 4) is 0 Å². The minimum atomic E-state index is 0.126. The van der Waals surface area contributed by atoms with E-state index < -0.39 is 0 Å². The normalized spacial score (nSPS) is 25.9. The fourth-order valence-electron chi connectivity index (χ4n) is 2.38. The molecule has 1 aliphatic rings. The van der Waals surface area contributed by atoms with Crippen LogP contribution in [0.5, 0.6) is 0 Å². The van der Waals surface area contributed by atoms with Crippen LogP contribution >= 0.6 is 0 Å². The average Bonchev–Trinajstić information content (AvgIpc) is 2.31. The first-order valence-electron chi connectivity index (χ1n) is 5.54. The molecule has 1 aliphatic carbocycles. The molecule has 0 N–H and O–H groups in total. The van der Waals surface area contributed by atoms with Crippen molar-refractivity contribution in [2.75, 3.05) is 0 Å². The summed E-state index contributed by atoms with van der Waals surface area (Å²) in [6.07, 6.45) is 4.48. The van der Waals surface area contributed by atoms with E-state index in [2.05, 4.69) is 24.3 Å². The second-order valence-corrected chi connectivity index (χ2v) is 4.13. The molecule has 1 aromatic rings. The topological polar surface area (TPSA) is 26.3 Å². The molecule has 0 amide bonds. The highest BCUT2D eigenvalue weighted by atomic mass is 16.5. The van der Waals surface area contributed by atoms with Crippen LogP contribution in [0.4, 0.5) is 0 Å². The summed E-state index contributed by atoms with van der Waals surface area (Å²) in [5.74, 6) is 0.560. The highest BCUT2D eigenvalue weighted by molar-refractivity contribution is 5.37. The second kappa shape index (κ2) is 4.96. The Balaban J connectivity index is 2.01. The van der Waals surface area contributed by atoms with Gasteiger partial charge in [-0.25, -0.2) is 0 Å². The van der Waals surface area contributed by atoms with E-state index in [4.69, 9.17) is 4.74 Å². The number of rotatable bonds is 3. The number of hydrogen-bond donors (Lipinski definition) is 0. The van der Waals surface area contributed by atoms with Crippen LogP contribution in [0.2, 0.25) is 0 Å². The Labute approximate surface area is 90.3 Å². The summed E-state index contributed by atoms with van der Waals surface area (Å²) in [5, 5.41) is 0. The first-order chi connectivity index (χ1) is 7.40. The summed E-state index contributed by atoms with van der Waals surface area (Å²) in [5.41, 5.74) is 1.37. The van der Waals surface area contributed by atoms with Crippen molar-refractivity contribution in [3.05, 3.63) is 35.9 Å². The van der Waals surface area contributed by atoms with Gasteiger partial charge >= 0.3 is 0 Å². The number of hydrogen-bond acceptors (Lipinski definition) is 2. The fraction of sp³-hybridized carbons (Fsp3) is 0.462. The number of carbonyl (C=O) groups excluding carboxylic acids is 1. The van der Waals surface area contributed by atoms with Gasteiger partial charge in [0.05, 0.1) is 0 Å². The summed E-state index contributed by atoms with van der Waals surface area (Å²) in [6.45, 7) is 0.581. The van der Waals surface area contributed by atoms with Crippen molar-refractivity contribution in [3.63, 3.8) is 0 Å². The molecule has 15 heavy (non-hydrogen) atoms. The summed E-state index contributed by atoms with van der Waals surface area (Å²) in [6, 6.07) is 10.5. The molecule has 2 unspecified atom stereocenters. The standard InChI is InChI=1S/C13H16O2/c14-10-15-13-8-4-7-12(9-13)11-5-2-1-3-6-11/h1-3,5-6,10,12-13H,4,7-9H2. The minimum absolute atomic E-state index is 0.126. The third-order valence-corrected chi connectivity index (χ3v) is 3.15. The highest BCUT2D eigenvalue weighted by Crippen LogP contribution is 2.33. The SMILES string of the molecule is O=COC1CCCC(c2ccccc2)C1. The maximum Gasteiger partial charge on any atom is 0.293 e. The van der Waals surface area contributed by atoms with Crippen molar-refractivity contribution in [1.29, 1.82) is 0 Å². The second-order valence-electron chi connectivity index (χ2n) is 4.13. The van der Waals surface area contributed by atoms with Crippen LogP contribution in [0.3, 0.4) is 0 Å². The van der Waals surface area contributed by atoms with Gasteiger partial charge in [0.2, 0.25) is 0 Å². The maximum absolute atomic E-state index is 10.3. The average molecular weight is 204 g/mol. The molecule has 0 aliphatic heterocycles. The van der Waals surface area contributed by atoms with Gasteiger partial charge in [0.15, 0.2) is 0 Å². The van der Waals surface area contributed by atoms with Gasteiger partial charge < -0.3 is 4.74 Å². The molecule has 0 bridgehead atoms. The third-order valence-electron chi connectivity index (χ3n) is 3.15. The smallest absolute Gasteiger partial charge is 0.293 e. The van der Waals surface area contributed by atoms with Crippen LogP contribution in [0, 0.1) is 0 Å². The van der Waals surface area contributed by atoms with Gasteiger partial charge in [-0.2, -0.15) is 0 Å². The fourth-order valence-corrected chi connectivity index (χ4v) is 2.38. The van der Waals surface area contributed by atoms with E-state index in [0.29, 0.717) is 12.4 Å². The monoisotopic (exact) mass is 204 g/mol. The maximum atomic E-state index is 10.3. The van der Waals surface area contributed by atoms with Gasteiger partial charge in [-0.15, -0.1) is 0 Å². The highest BCUT2D eigenvalue weighted by Gasteiger charge is 2.23. The van der Waals surface area contributed by atoms with E-state index in [-0.39, 0.29) is 6.10 Å². The Kier molecular flexibility index (Phi) is 3.38. The lowest BCUT2D eigenvalue weighted by atomic mass is 9.82. The Hall–Kier alpha value is -1.31. The summed E-state index contributed by atoms with van der Waals surface area (Å²) in [7, 11) is 0. The molecule has 2 nitrogen and oxygen atoms in total. The Morgan fingerprint density at radius 1 is 1.20 bits per heavy atom. The molecular formula is C13H16O2. The predicted octanol–water partition coefficient (Wildman–Crippen LogP) is 2.89. The lowest BCUT2D eigenvalue weighted by molar-refractivity contribution is -0.135. The number of ether oxygens (including phenoxy) is 1. The molecular weight excluding hydrogens is 188 g/mol. The molecule has 0 aromatic heterocycles. The van der Waals surface area contributed by atoms with Gasteiger partial charge in [0.25, 0.3) is 6.47 Å². The van der Waals surface area contributed by atoms with E-state index in [0.717, 1.165) is 19.3 Å². The molecule has 1 aromatic carbocycles. The van der Waals surface area contributed by atoms with Gasteiger partial charge in [-0.3, -0.25) is 4.79 Å². The lowest BCUT2D eigenvalue weighted by Gasteiger charge is -2.28. The van der Waals surface area contributed by atoms with Crippen LogP contribution in [0.1, 0.15) is 37.2 Å². The van der Waals surface area contributed by atoms with Gasteiger partial charge in [0, 0.05) is 0 Å². The van der Waals surface area contributed by atoms with Crippen LogP contribution in [0.25, 0.3) is 0 Å². The molecule has 0 spiro atoms. The minimum Gasteiger partial charge on any atom is -0.465 e. The van der Waals surface area contributed by atoms with E-state index in [1.165, 1.54) is 12.0 Å². The molecule has 1 saturated carbocycles. The molecule has 0 heterocycles. The van der Waals surface area contributed by atoms with Crippen molar-refractivity contribution in [2.45, 2.75) is 37.7 Å². The van der Waals surface area contributed by atoms with Crippen LogP contribution < -0.4 is 0 Å². The van der Waals surface area contributed by atoms with E-state index in [1.54, 1.807) is 0 Å². The van der Waals surface area contributed by atoms with E-state index in [1.807, 2.05) is 6.07 Å². The lowest BCUT2D eigenvalue weighted by Crippen LogP contribution is -2.21. The third kappa shape index (κ3) is 2.58. The zero-order valence-corrected chi connectivity index (χ0v) is 8.76. The van der Waals surface area contributed by atoms with Gasteiger partial charge in [0.1, 0.15) is 6.10 Å². The van der Waals surface area contributed by atoms with Crippen molar-refractivity contribution >= 4 is 6.47 Å². The molecule has 1 fully saturated rings. The summed E-state index contributed by atoms with van der Waals surface area (Å²) in [4.78, 5) is 10.3. The van der Waals surface area contributed by atoms with Gasteiger partial charge in [-0.1, -0.05) is 30.3 Å². The van der Waals surface area contributed by atoms with Crippen molar-refractivity contribution in [1.82, 2.24) is 0 Å². The van der Waals surface area contributed by atoms with Crippen LogP contribution in [-0.4, -0.2) is 12.6 Å². The predicted molar refractivity (Wildman–Crippen MR) is 58.6 cm³/mol.